The van der Waals surface area contributed by atoms with Crippen LogP contribution in [0.15, 0.2) is 58.3 Å². The maximum absolute atomic E-state index is 11.5. The van der Waals surface area contributed by atoms with E-state index in [2.05, 4.69) is 0 Å². The van der Waals surface area contributed by atoms with Crippen molar-refractivity contribution in [3.8, 4) is 0 Å². The Morgan fingerprint density at radius 1 is 0.739 bits per heavy atom. The third-order valence-electron chi connectivity index (χ3n) is 2.80. The van der Waals surface area contributed by atoms with Gasteiger partial charge in [0.2, 0.25) is 0 Å². The van der Waals surface area contributed by atoms with E-state index in [1.807, 2.05) is 0 Å². The Labute approximate surface area is 156 Å². The Bertz CT molecular complexity index is 919. The van der Waals surface area contributed by atoms with Crippen LogP contribution in [0, 0.1) is 0 Å². The second-order valence-corrected chi connectivity index (χ2v) is 7.12. The van der Waals surface area contributed by atoms with E-state index < -0.39 is 30.0 Å². The van der Waals surface area contributed by atoms with Gasteiger partial charge in [-0.2, -0.15) is 16.8 Å². The summed E-state index contributed by atoms with van der Waals surface area (Å²) in [6.07, 6.45) is 2.89. The molecule has 0 aliphatic rings. The minimum absolute atomic E-state index is 0. The minimum atomic E-state index is -4.84. The fourth-order valence-electron chi connectivity index (χ4n) is 1.89. The van der Waals surface area contributed by atoms with Crippen LogP contribution in [0.3, 0.4) is 0 Å². The monoisotopic (exact) mass is 363 g/mol. The Kier molecular flexibility index (Phi) is 6.72. The van der Waals surface area contributed by atoms with E-state index >= 15 is 0 Å². The molecule has 0 aliphatic heterocycles. The summed E-state index contributed by atoms with van der Waals surface area (Å²) < 4.78 is 63.9. The summed E-state index contributed by atoms with van der Waals surface area (Å²) in [7, 11) is -9.64. The molecule has 2 aromatic rings. The van der Waals surface area contributed by atoms with Gasteiger partial charge in [0.05, 0.1) is 0 Å². The van der Waals surface area contributed by atoms with Crippen molar-refractivity contribution >= 4 is 61.9 Å². The molecule has 0 bridgehead atoms. The molecule has 117 valence electrons. The number of rotatable bonds is 4. The first-order chi connectivity index (χ1) is 10.2. The summed E-state index contributed by atoms with van der Waals surface area (Å²) in [4.78, 5) is -1.73. The molecular weight excluding hydrogens is 351 g/mol. The summed E-state index contributed by atoms with van der Waals surface area (Å²) in [5, 5.41) is 0. The molecule has 0 saturated carbocycles. The molecule has 0 aliphatic carbocycles. The second-order valence-electron chi connectivity index (χ2n) is 4.37. The summed E-state index contributed by atoms with van der Waals surface area (Å²) in [6.45, 7) is 0. The Balaban J connectivity index is 0.00000264. The van der Waals surface area contributed by atoms with Gasteiger partial charge in [0.25, 0.3) is 20.2 Å². The average Bonchev–Trinajstić information content (AvgIpc) is 2.44. The first-order valence-corrected chi connectivity index (χ1v) is 8.89. The second kappa shape index (κ2) is 7.71. The van der Waals surface area contributed by atoms with Crippen LogP contribution < -0.4 is 0 Å². The third kappa shape index (κ3) is 5.25. The third-order valence-corrected chi connectivity index (χ3v) is 4.80. The minimum Gasteiger partial charge on any atom is -0.282 e. The van der Waals surface area contributed by atoms with Crippen LogP contribution in [0.25, 0.3) is 12.2 Å². The molecule has 0 saturated heterocycles. The van der Waals surface area contributed by atoms with Gasteiger partial charge in [-0.1, -0.05) is 54.6 Å². The molecule has 2 N–H and O–H groups in total. The number of hydrogen-bond donors (Lipinski definition) is 2. The van der Waals surface area contributed by atoms with Crippen LogP contribution >= 0.6 is 0 Å². The SMILES string of the molecule is O=S(=O)(O)c1cccc(C=Cc2ccccc2)c1S(=O)(=O)O.[Na]. The van der Waals surface area contributed by atoms with Crippen molar-refractivity contribution in [3.05, 3.63) is 59.7 Å². The van der Waals surface area contributed by atoms with E-state index in [4.69, 9.17) is 4.55 Å². The molecular formula is C14H12NaO6S2. The van der Waals surface area contributed by atoms with E-state index in [1.165, 1.54) is 18.2 Å². The van der Waals surface area contributed by atoms with Gasteiger partial charge in [-0.3, -0.25) is 9.11 Å². The van der Waals surface area contributed by atoms with Crippen molar-refractivity contribution in [3.63, 3.8) is 0 Å². The zero-order chi connectivity index (χ0) is 16.4. The predicted octanol–water partition coefficient (Wildman–Crippen LogP) is 1.97. The van der Waals surface area contributed by atoms with Gasteiger partial charge in [0, 0.05) is 29.6 Å². The molecule has 0 fully saturated rings. The Morgan fingerprint density at radius 2 is 1.35 bits per heavy atom. The van der Waals surface area contributed by atoms with Gasteiger partial charge < -0.3 is 0 Å². The van der Waals surface area contributed by atoms with Gasteiger partial charge in [-0.05, 0) is 17.2 Å². The zero-order valence-corrected chi connectivity index (χ0v) is 15.8. The van der Waals surface area contributed by atoms with E-state index in [-0.39, 0.29) is 35.1 Å². The summed E-state index contributed by atoms with van der Waals surface area (Å²) in [6, 6.07) is 12.4. The molecule has 1 radical (unpaired) electrons. The first-order valence-electron chi connectivity index (χ1n) is 6.01. The Morgan fingerprint density at radius 3 is 1.87 bits per heavy atom. The summed E-state index contributed by atoms with van der Waals surface area (Å²) >= 11 is 0. The van der Waals surface area contributed by atoms with Crippen LogP contribution in [-0.2, 0) is 20.2 Å². The molecule has 0 heterocycles. The molecule has 0 atom stereocenters. The summed E-state index contributed by atoms with van der Waals surface area (Å²) in [5.74, 6) is 0. The van der Waals surface area contributed by atoms with Gasteiger partial charge in [0.15, 0.2) is 0 Å². The van der Waals surface area contributed by atoms with Gasteiger partial charge in [0.1, 0.15) is 9.79 Å². The first kappa shape index (κ1) is 20.0. The van der Waals surface area contributed by atoms with E-state index in [9.17, 15) is 21.4 Å². The van der Waals surface area contributed by atoms with Crippen LogP contribution in [0.5, 0.6) is 0 Å². The van der Waals surface area contributed by atoms with Crippen molar-refractivity contribution in [1.29, 1.82) is 0 Å². The molecule has 0 amide bonds. The molecule has 2 aromatic carbocycles. The Hall–Kier alpha value is -1.000. The van der Waals surface area contributed by atoms with E-state index in [0.29, 0.717) is 0 Å². The van der Waals surface area contributed by atoms with Crippen LogP contribution in [0.1, 0.15) is 11.1 Å². The maximum Gasteiger partial charge on any atom is 0.296 e. The zero-order valence-electron chi connectivity index (χ0n) is 12.1. The van der Waals surface area contributed by atoms with Crippen molar-refractivity contribution in [2.45, 2.75) is 9.79 Å². The standard InChI is InChI=1S/C14H12O6S2.Na/c15-21(16,17)13-8-4-7-12(14(13)22(18,19)20)10-9-11-5-2-1-3-6-11;/h1-10H,(H,15,16,17)(H,18,19,20);. The van der Waals surface area contributed by atoms with Crippen molar-refractivity contribution in [2.24, 2.45) is 0 Å². The molecule has 0 spiro atoms. The number of hydrogen-bond acceptors (Lipinski definition) is 4. The van der Waals surface area contributed by atoms with Crippen molar-refractivity contribution < 1.29 is 25.9 Å². The molecule has 0 unspecified atom stereocenters. The molecule has 23 heavy (non-hydrogen) atoms. The largest absolute Gasteiger partial charge is 0.296 e. The smallest absolute Gasteiger partial charge is 0.282 e. The fraction of sp³-hybridized carbons (Fsp3) is 0. The number of benzene rings is 2. The normalized spacial score (nSPS) is 12.1. The molecule has 9 heteroatoms. The quantitative estimate of drug-likeness (QED) is 0.488. The fourth-order valence-corrected chi connectivity index (χ4v) is 3.88. The molecule has 2 rings (SSSR count). The van der Waals surface area contributed by atoms with E-state index in [0.717, 1.165) is 11.6 Å². The molecule has 6 nitrogen and oxygen atoms in total. The molecule has 0 aromatic heterocycles. The van der Waals surface area contributed by atoms with E-state index in [1.54, 1.807) is 36.4 Å². The maximum atomic E-state index is 11.5. The van der Waals surface area contributed by atoms with Gasteiger partial charge in [-0.15, -0.1) is 0 Å². The van der Waals surface area contributed by atoms with Crippen molar-refractivity contribution in [2.75, 3.05) is 0 Å². The van der Waals surface area contributed by atoms with Crippen LogP contribution in [0.2, 0.25) is 0 Å². The van der Waals surface area contributed by atoms with Gasteiger partial charge >= 0.3 is 0 Å². The average molecular weight is 363 g/mol. The topological polar surface area (TPSA) is 109 Å². The van der Waals surface area contributed by atoms with Crippen LogP contribution in [0.4, 0.5) is 0 Å². The van der Waals surface area contributed by atoms with Crippen LogP contribution in [-0.4, -0.2) is 55.5 Å². The van der Waals surface area contributed by atoms with Crippen molar-refractivity contribution in [1.82, 2.24) is 0 Å². The van der Waals surface area contributed by atoms with Gasteiger partial charge in [-0.25, -0.2) is 0 Å². The summed E-state index contributed by atoms with van der Waals surface area (Å²) in [5.41, 5.74) is 0.697. The predicted molar refractivity (Wildman–Crippen MR) is 87.2 cm³/mol.